The molecule has 0 bridgehead atoms. The van der Waals surface area contributed by atoms with Gasteiger partial charge < -0.3 is 4.74 Å². The van der Waals surface area contributed by atoms with E-state index in [4.69, 9.17) is 4.74 Å². The molecule has 0 saturated heterocycles. The smallest absolute Gasteiger partial charge is 0.316 e. The van der Waals surface area contributed by atoms with Crippen molar-refractivity contribution < 1.29 is 28.8 Å². The SMILES string of the molecule is CCOC(=O)CSc1nnc(NC(=O)CN2C(=O)c3cccc([N+](=O)[O-])c3C2=O)s1. The number of amides is 3. The van der Waals surface area contributed by atoms with E-state index in [2.05, 4.69) is 15.5 Å². The number of hydrogen-bond acceptors (Lipinski definition) is 11. The van der Waals surface area contributed by atoms with Gasteiger partial charge in [-0.3, -0.25) is 39.5 Å². The lowest BCUT2D eigenvalue weighted by Crippen LogP contribution is -2.37. The van der Waals surface area contributed by atoms with Gasteiger partial charge in [0.1, 0.15) is 12.1 Å². The van der Waals surface area contributed by atoms with Crippen molar-refractivity contribution in [2.75, 3.05) is 24.2 Å². The molecule has 0 fully saturated rings. The zero-order valence-electron chi connectivity index (χ0n) is 15.3. The Morgan fingerprint density at radius 1 is 1.30 bits per heavy atom. The van der Waals surface area contributed by atoms with Gasteiger partial charge in [0.05, 0.1) is 22.8 Å². The second kappa shape index (κ2) is 8.96. The number of carbonyl (C=O) groups excluding carboxylic acids is 4. The van der Waals surface area contributed by atoms with Gasteiger partial charge >= 0.3 is 5.97 Å². The Morgan fingerprint density at radius 2 is 2.07 bits per heavy atom. The Bertz CT molecular complexity index is 1050. The first kappa shape index (κ1) is 21.3. The Balaban J connectivity index is 1.63. The molecule has 12 nitrogen and oxygen atoms in total. The minimum atomic E-state index is -0.916. The fourth-order valence-electron chi connectivity index (χ4n) is 2.56. The van der Waals surface area contributed by atoms with E-state index in [-0.39, 0.29) is 28.6 Å². The average molecular weight is 451 g/mol. The number of rotatable bonds is 8. The lowest BCUT2D eigenvalue weighted by Gasteiger charge is -2.12. The number of hydrogen-bond donors (Lipinski definition) is 1. The maximum absolute atomic E-state index is 12.5. The van der Waals surface area contributed by atoms with E-state index < -0.39 is 40.8 Å². The van der Waals surface area contributed by atoms with E-state index in [1.54, 1.807) is 6.92 Å². The van der Waals surface area contributed by atoms with Gasteiger partial charge in [-0.05, 0) is 13.0 Å². The normalized spacial score (nSPS) is 12.6. The van der Waals surface area contributed by atoms with Crippen LogP contribution in [0.3, 0.4) is 0 Å². The van der Waals surface area contributed by atoms with E-state index in [0.717, 1.165) is 29.2 Å². The fraction of sp³-hybridized carbons (Fsp3) is 0.250. The molecule has 1 aliphatic rings. The van der Waals surface area contributed by atoms with Crippen molar-refractivity contribution in [2.45, 2.75) is 11.3 Å². The van der Waals surface area contributed by atoms with Crippen molar-refractivity contribution in [1.29, 1.82) is 0 Å². The minimum Gasteiger partial charge on any atom is -0.465 e. The highest BCUT2D eigenvalue weighted by Crippen LogP contribution is 2.31. The van der Waals surface area contributed by atoms with Crippen LogP contribution >= 0.6 is 23.1 Å². The molecule has 1 aromatic carbocycles. The molecule has 1 aromatic heterocycles. The number of nitro benzene ring substituents is 1. The van der Waals surface area contributed by atoms with Gasteiger partial charge in [0.15, 0.2) is 4.34 Å². The number of nitrogens with one attached hydrogen (secondary N) is 1. The lowest BCUT2D eigenvalue weighted by molar-refractivity contribution is -0.385. The molecule has 0 spiro atoms. The third-order valence-corrected chi connectivity index (χ3v) is 5.69. The van der Waals surface area contributed by atoms with Crippen LogP contribution in [-0.2, 0) is 14.3 Å². The van der Waals surface area contributed by atoms with Gasteiger partial charge in [0.2, 0.25) is 11.0 Å². The first-order valence-corrected chi connectivity index (χ1v) is 10.2. The predicted octanol–water partition coefficient (Wildman–Crippen LogP) is 1.34. The van der Waals surface area contributed by atoms with Crippen LogP contribution < -0.4 is 5.32 Å². The first-order valence-electron chi connectivity index (χ1n) is 8.37. The highest BCUT2D eigenvalue weighted by molar-refractivity contribution is 8.01. The second-order valence-corrected chi connectivity index (χ2v) is 7.87. The number of thioether (sulfide) groups is 1. The zero-order valence-corrected chi connectivity index (χ0v) is 16.9. The molecule has 0 atom stereocenters. The van der Waals surface area contributed by atoms with Gasteiger partial charge in [-0.2, -0.15) is 0 Å². The number of anilines is 1. The van der Waals surface area contributed by atoms with Gasteiger partial charge in [-0.25, -0.2) is 0 Å². The number of esters is 1. The molecular formula is C16H13N5O7S2. The number of benzene rings is 1. The fourth-order valence-corrected chi connectivity index (χ4v) is 4.12. The van der Waals surface area contributed by atoms with Crippen LogP contribution in [-0.4, -0.2) is 62.6 Å². The Morgan fingerprint density at radius 3 is 2.77 bits per heavy atom. The van der Waals surface area contributed by atoms with E-state index in [1.807, 2.05) is 0 Å². The summed E-state index contributed by atoms with van der Waals surface area (Å²) in [6.45, 7) is 1.31. The topological polar surface area (TPSA) is 162 Å². The molecule has 3 rings (SSSR count). The summed E-state index contributed by atoms with van der Waals surface area (Å²) in [5.74, 6) is -2.82. The number of imide groups is 1. The molecule has 0 unspecified atom stereocenters. The molecule has 156 valence electrons. The molecule has 3 amide bonds. The summed E-state index contributed by atoms with van der Waals surface area (Å²) < 4.78 is 5.21. The minimum absolute atomic E-state index is 0.0320. The molecule has 0 radical (unpaired) electrons. The van der Waals surface area contributed by atoms with E-state index in [9.17, 15) is 29.3 Å². The summed E-state index contributed by atoms with van der Waals surface area (Å²) in [6, 6.07) is 3.70. The van der Waals surface area contributed by atoms with Crippen LogP contribution in [0.25, 0.3) is 0 Å². The summed E-state index contributed by atoms with van der Waals surface area (Å²) in [5.41, 5.74) is -0.967. The van der Waals surface area contributed by atoms with Crippen LogP contribution in [0, 0.1) is 10.1 Å². The van der Waals surface area contributed by atoms with E-state index in [0.29, 0.717) is 9.24 Å². The number of nitro groups is 1. The molecule has 0 saturated carbocycles. The van der Waals surface area contributed by atoms with E-state index in [1.165, 1.54) is 12.1 Å². The molecule has 2 heterocycles. The number of fused-ring (bicyclic) bond motifs is 1. The molecule has 30 heavy (non-hydrogen) atoms. The monoisotopic (exact) mass is 451 g/mol. The van der Waals surface area contributed by atoms with Crippen molar-refractivity contribution in [1.82, 2.24) is 15.1 Å². The largest absolute Gasteiger partial charge is 0.465 e. The Kier molecular flexibility index (Phi) is 6.37. The summed E-state index contributed by atoms with van der Waals surface area (Å²) in [5, 5.41) is 21.2. The van der Waals surface area contributed by atoms with Gasteiger partial charge in [0.25, 0.3) is 17.5 Å². The van der Waals surface area contributed by atoms with Crippen molar-refractivity contribution in [2.24, 2.45) is 0 Å². The molecule has 1 aliphatic heterocycles. The van der Waals surface area contributed by atoms with Crippen molar-refractivity contribution in [3.8, 4) is 0 Å². The molecule has 14 heteroatoms. The van der Waals surface area contributed by atoms with Crippen molar-refractivity contribution >= 4 is 57.6 Å². The maximum Gasteiger partial charge on any atom is 0.316 e. The molecule has 1 N–H and O–H groups in total. The van der Waals surface area contributed by atoms with Crippen molar-refractivity contribution in [3.05, 3.63) is 39.4 Å². The quantitative estimate of drug-likeness (QED) is 0.155. The maximum atomic E-state index is 12.5. The standard InChI is InChI=1S/C16H13N5O7S2/c1-2-28-11(23)7-29-16-19-18-15(30-16)17-10(22)6-20-13(24)8-4-3-5-9(21(26)27)12(8)14(20)25/h3-5H,2,6-7H2,1H3,(H,17,18,22). The second-order valence-electron chi connectivity index (χ2n) is 5.67. The van der Waals surface area contributed by atoms with Gasteiger partial charge in [0, 0.05) is 6.07 Å². The summed E-state index contributed by atoms with van der Waals surface area (Å²) >= 11 is 2.08. The Labute approximate surface area is 176 Å². The lowest BCUT2D eigenvalue weighted by atomic mass is 10.1. The van der Waals surface area contributed by atoms with Crippen molar-refractivity contribution in [3.63, 3.8) is 0 Å². The van der Waals surface area contributed by atoms with Crippen LogP contribution in [0.2, 0.25) is 0 Å². The average Bonchev–Trinajstić information content (AvgIpc) is 3.24. The highest BCUT2D eigenvalue weighted by Gasteiger charge is 2.41. The van der Waals surface area contributed by atoms with Crippen LogP contribution in [0.4, 0.5) is 10.8 Å². The summed E-state index contributed by atoms with van der Waals surface area (Å²) in [7, 11) is 0. The van der Waals surface area contributed by atoms with Crippen LogP contribution in [0.1, 0.15) is 27.6 Å². The number of aromatic nitrogens is 2. The first-order chi connectivity index (χ1) is 14.3. The summed E-state index contributed by atoms with van der Waals surface area (Å²) in [4.78, 5) is 59.5. The molecule has 0 aliphatic carbocycles. The predicted molar refractivity (Wildman–Crippen MR) is 104 cm³/mol. The highest BCUT2D eigenvalue weighted by atomic mass is 32.2. The van der Waals surface area contributed by atoms with Gasteiger partial charge in [-0.1, -0.05) is 29.2 Å². The Hall–Kier alpha value is -3.39. The van der Waals surface area contributed by atoms with Crippen LogP contribution in [0.15, 0.2) is 22.5 Å². The van der Waals surface area contributed by atoms with E-state index >= 15 is 0 Å². The molecular weight excluding hydrogens is 438 g/mol. The van der Waals surface area contributed by atoms with Crippen LogP contribution in [0.5, 0.6) is 0 Å². The number of carbonyl (C=O) groups is 4. The number of ether oxygens (including phenoxy) is 1. The third kappa shape index (κ3) is 4.44. The summed E-state index contributed by atoms with van der Waals surface area (Å²) in [6.07, 6.45) is 0. The number of nitrogens with zero attached hydrogens (tertiary/aromatic N) is 4. The third-order valence-electron chi connectivity index (χ3n) is 3.75. The van der Waals surface area contributed by atoms with Gasteiger partial charge in [-0.15, -0.1) is 10.2 Å². The molecule has 2 aromatic rings. The zero-order chi connectivity index (χ0) is 21.8.